The molecule has 0 aromatic heterocycles. The number of amides is 1. The van der Waals surface area contributed by atoms with E-state index in [0.717, 1.165) is 11.3 Å². The summed E-state index contributed by atoms with van der Waals surface area (Å²) in [6, 6.07) is 11.2. The molecule has 1 amide bonds. The van der Waals surface area contributed by atoms with E-state index in [9.17, 15) is 14.9 Å². The summed E-state index contributed by atoms with van der Waals surface area (Å²) < 4.78 is 10.7. The molecule has 1 aliphatic rings. The molecule has 1 unspecified atom stereocenters. The number of hydrogen-bond donors (Lipinski definition) is 1. The lowest BCUT2D eigenvalue weighted by Crippen LogP contribution is -2.32. The highest BCUT2D eigenvalue weighted by Crippen LogP contribution is 2.32. The molecule has 3 rings (SSSR count). The molecule has 1 heterocycles. The summed E-state index contributed by atoms with van der Waals surface area (Å²) in [5.74, 6) is 0.607. The van der Waals surface area contributed by atoms with Crippen LogP contribution in [0.5, 0.6) is 11.5 Å². The van der Waals surface area contributed by atoms with Gasteiger partial charge < -0.3 is 14.8 Å². The number of benzene rings is 2. The van der Waals surface area contributed by atoms with E-state index in [1.807, 2.05) is 24.3 Å². The van der Waals surface area contributed by atoms with Crippen molar-refractivity contribution in [2.45, 2.75) is 12.5 Å². The zero-order valence-corrected chi connectivity index (χ0v) is 13.0. The van der Waals surface area contributed by atoms with Crippen molar-refractivity contribution in [2.24, 2.45) is 0 Å². The zero-order valence-electron chi connectivity index (χ0n) is 13.0. The average Bonchev–Trinajstić information content (AvgIpc) is 2.61. The maximum atomic E-state index is 12.6. The Labute approximate surface area is 138 Å². The van der Waals surface area contributed by atoms with E-state index in [4.69, 9.17) is 9.47 Å². The fourth-order valence-corrected chi connectivity index (χ4v) is 2.71. The first-order valence-electron chi connectivity index (χ1n) is 7.45. The van der Waals surface area contributed by atoms with Crippen molar-refractivity contribution in [2.75, 3.05) is 13.7 Å². The van der Waals surface area contributed by atoms with Crippen molar-refractivity contribution in [1.29, 1.82) is 0 Å². The van der Waals surface area contributed by atoms with Crippen LogP contribution in [0.25, 0.3) is 0 Å². The minimum Gasteiger partial charge on any atom is -0.496 e. The molecule has 1 aliphatic heterocycles. The lowest BCUT2D eigenvalue weighted by atomic mass is 10.00. The van der Waals surface area contributed by atoms with E-state index in [1.54, 1.807) is 0 Å². The molecule has 0 aliphatic carbocycles. The smallest absolute Gasteiger partial charge is 0.270 e. The van der Waals surface area contributed by atoms with Gasteiger partial charge >= 0.3 is 0 Å². The van der Waals surface area contributed by atoms with Crippen LogP contribution in [-0.4, -0.2) is 24.5 Å². The van der Waals surface area contributed by atoms with Crippen molar-refractivity contribution in [3.8, 4) is 11.5 Å². The van der Waals surface area contributed by atoms with Gasteiger partial charge in [0.1, 0.15) is 11.5 Å². The van der Waals surface area contributed by atoms with Crippen molar-refractivity contribution >= 4 is 11.6 Å². The second kappa shape index (κ2) is 6.57. The molecule has 24 heavy (non-hydrogen) atoms. The Morgan fingerprint density at radius 1 is 1.33 bits per heavy atom. The Morgan fingerprint density at radius 3 is 2.88 bits per heavy atom. The van der Waals surface area contributed by atoms with E-state index < -0.39 is 10.8 Å². The van der Waals surface area contributed by atoms with Gasteiger partial charge in [0.05, 0.1) is 30.2 Å². The Kier molecular flexibility index (Phi) is 4.33. The molecule has 2 aromatic rings. The molecular formula is C17H16N2O5. The van der Waals surface area contributed by atoms with Crippen LogP contribution in [0.2, 0.25) is 0 Å². The second-order valence-electron chi connectivity index (χ2n) is 5.34. The molecule has 124 valence electrons. The fraction of sp³-hybridized carbons (Fsp3) is 0.235. The Morgan fingerprint density at radius 2 is 2.12 bits per heavy atom. The zero-order chi connectivity index (χ0) is 17.1. The van der Waals surface area contributed by atoms with Crippen LogP contribution >= 0.6 is 0 Å². The fourth-order valence-electron chi connectivity index (χ4n) is 2.71. The normalized spacial score (nSPS) is 15.8. The topological polar surface area (TPSA) is 90.7 Å². The Hall–Kier alpha value is -3.09. The number of nitrogens with one attached hydrogen (secondary N) is 1. The highest BCUT2D eigenvalue weighted by atomic mass is 16.6. The molecule has 0 saturated heterocycles. The molecule has 1 atom stereocenters. The number of rotatable bonds is 4. The van der Waals surface area contributed by atoms with E-state index >= 15 is 0 Å². The maximum Gasteiger partial charge on any atom is 0.270 e. The number of ether oxygens (including phenoxy) is 2. The van der Waals surface area contributed by atoms with Gasteiger partial charge in [-0.3, -0.25) is 14.9 Å². The van der Waals surface area contributed by atoms with Crippen LogP contribution in [0.3, 0.4) is 0 Å². The first-order chi connectivity index (χ1) is 11.6. The second-order valence-corrected chi connectivity index (χ2v) is 5.34. The van der Waals surface area contributed by atoms with Crippen LogP contribution in [0.4, 0.5) is 5.69 Å². The number of nitro groups is 1. The highest BCUT2D eigenvalue weighted by molar-refractivity contribution is 5.97. The molecule has 2 aromatic carbocycles. The van der Waals surface area contributed by atoms with E-state index in [1.165, 1.54) is 25.3 Å². The van der Waals surface area contributed by atoms with Gasteiger partial charge in [-0.25, -0.2) is 0 Å². The van der Waals surface area contributed by atoms with E-state index in [-0.39, 0.29) is 17.3 Å². The quantitative estimate of drug-likeness (QED) is 0.688. The lowest BCUT2D eigenvalue weighted by Gasteiger charge is -2.26. The number of hydrogen-bond acceptors (Lipinski definition) is 5. The minimum absolute atomic E-state index is 0.135. The first kappa shape index (κ1) is 15.8. The number of carbonyl (C=O) groups is 1. The molecule has 1 N–H and O–H groups in total. The summed E-state index contributed by atoms with van der Waals surface area (Å²) in [5, 5.41) is 13.9. The average molecular weight is 328 g/mol. The molecular weight excluding hydrogens is 312 g/mol. The maximum absolute atomic E-state index is 12.6. The van der Waals surface area contributed by atoms with Crippen molar-refractivity contribution < 1.29 is 19.2 Å². The van der Waals surface area contributed by atoms with Crippen LogP contribution in [0.1, 0.15) is 28.4 Å². The lowest BCUT2D eigenvalue weighted by molar-refractivity contribution is -0.384. The van der Waals surface area contributed by atoms with Crippen LogP contribution in [-0.2, 0) is 0 Å². The monoisotopic (exact) mass is 328 g/mol. The van der Waals surface area contributed by atoms with Gasteiger partial charge in [0, 0.05) is 24.1 Å². The predicted molar refractivity (Wildman–Crippen MR) is 86.4 cm³/mol. The molecule has 7 nitrogen and oxygen atoms in total. The van der Waals surface area contributed by atoms with Gasteiger partial charge in [0.15, 0.2) is 0 Å². The number of methoxy groups -OCH3 is 1. The van der Waals surface area contributed by atoms with Gasteiger partial charge in [-0.05, 0) is 12.1 Å². The molecule has 0 fully saturated rings. The van der Waals surface area contributed by atoms with Crippen molar-refractivity contribution in [1.82, 2.24) is 5.32 Å². The standard InChI is InChI=1S/C17H16N2O5/c1-23-15-7-6-11(19(21)22)10-13(15)17(20)18-14-8-9-24-16-5-3-2-4-12(14)16/h2-7,10,14H,8-9H2,1H3,(H,18,20). The third-order valence-corrected chi connectivity index (χ3v) is 3.90. The van der Waals surface area contributed by atoms with E-state index in [2.05, 4.69) is 5.32 Å². The molecule has 0 radical (unpaired) electrons. The van der Waals surface area contributed by atoms with Gasteiger partial charge in [-0.15, -0.1) is 0 Å². The van der Waals surface area contributed by atoms with Gasteiger partial charge in [0.25, 0.3) is 11.6 Å². The summed E-state index contributed by atoms with van der Waals surface area (Å²) in [4.78, 5) is 23.0. The molecule has 7 heteroatoms. The van der Waals surface area contributed by atoms with Crippen LogP contribution in [0, 0.1) is 10.1 Å². The number of non-ortho nitro benzene ring substituents is 1. The predicted octanol–water partition coefficient (Wildman–Crippen LogP) is 2.86. The number of nitro benzene ring substituents is 1. The summed E-state index contributed by atoms with van der Waals surface area (Å²) in [5.41, 5.74) is 0.866. The number of para-hydroxylation sites is 1. The first-order valence-corrected chi connectivity index (χ1v) is 7.45. The Balaban J connectivity index is 1.88. The van der Waals surface area contributed by atoms with E-state index in [0.29, 0.717) is 18.8 Å². The third-order valence-electron chi connectivity index (χ3n) is 3.90. The van der Waals surface area contributed by atoms with Crippen molar-refractivity contribution in [3.05, 3.63) is 63.7 Å². The van der Waals surface area contributed by atoms with Gasteiger partial charge in [0.2, 0.25) is 0 Å². The van der Waals surface area contributed by atoms with Gasteiger partial charge in [-0.2, -0.15) is 0 Å². The number of nitrogens with zero attached hydrogens (tertiary/aromatic N) is 1. The SMILES string of the molecule is COc1ccc([N+](=O)[O-])cc1C(=O)NC1CCOc2ccccc21. The highest BCUT2D eigenvalue weighted by Gasteiger charge is 2.25. The third kappa shape index (κ3) is 3.01. The van der Waals surface area contributed by atoms with Crippen LogP contribution in [0.15, 0.2) is 42.5 Å². The Bertz CT molecular complexity index is 790. The summed E-state index contributed by atoms with van der Waals surface area (Å²) in [6.45, 7) is 0.494. The van der Waals surface area contributed by atoms with Crippen LogP contribution < -0.4 is 14.8 Å². The summed E-state index contributed by atoms with van der Waals surface area (Å²) in [6.07, 6.45) is 0.625. The van der Waals surface area contributed by atoms with Gasteiger partial charge in [-0.1, -0.05) is 18.2 Å². The molecule has 0 saturated carbocycles. The minimum atomic E-state index is -0.542. The molecule has 0 bridgehead atoms. The summed E-state index contributed by atoms with van der Waals surface area (Å²) >= 11 is 0. The molecule has 0 spiro atoms. The number of carbonyl (C=O) groups excluding carboxylic acids is 1. The van der Waals surface area contributed by atoms with Crippen molar-refractivity contribution in [3.63, 3.8) is 0 Å². The summed E-state index contributed by atoms with van der Waals surface area (Å²) in [7, 11) is 1.42. The number of fused-ring (bicyclic) bond motifs is 1. The largest absolute Gasteiger partial charge is 0.496 e.